The lowest BCUT2D eigenvalue weighted by atomic mass is 10.0. The molecular formula is C27H27BrCl2N2O3. The van der Waals surface area contributed by atoms with Crippen molar-refractivity contribution in [2.45, 2.75) is 32.4 Å². The minimum Gasteiger partial charge on any atom is -0.483 e. The van der Waals surface area contributed by atoms with Crippen LogP contribution >= 0.6 is 39.1 Å². The molecule has 8 heteroatoms. The molecule has 2 amide bonds. The van der Waals surface area contributed by atoms with E-state index < -0.39 is 6.04 Å². The van der Waals surface area contributed by atoms with Crippen molar-refractivity contribution in [2.75, 3.05) is 13.7 Å². The number of hydrogen-bond donors (Lipinski definition) is 1. The number of likely N-dealkylation sites (N-methyl/N-ethyl adjacent to an activating group) is 1. The van der Waals surface area contributed by atoms with Crippen LogP contribution in [0.25, 0.3) is 0 Å². The van der Waals surface area contributed by atoms with Gasteiger partial charge in [-0.2, -0.15) is 0 Å². The number of rotatable bonds is 10. The lowest BCUT2D eigenvalue weighted by Crippen LogP contribution is -2.51. The number of nitrogens with one attached hydrogen (secondary N) is 1. The molecule has 5 nitrogen and oxygen atoms in total. The topological polar surface area (TPSA) is 58.6 Å². The molecule has 0 aliphatic heterocycles. The Hall–Kier alpha value is -2.54. The van der Waals surface area contributed by atoms with Gasteiger partial charge in [-0.3, -0.25) is 9.59 Å². The fourth-order valence-electron chi connectivity index (χ4n) is 3.66. The van der Waals surface area contributed by atoms with E-state index in [9.17, 15) is 9.59 Å². The highest BCUT2D eigenvalue weighted by atomic mass is 79.9. The van der Waals surface area contributed by atoms with Crippen LogP contribution in [-0.2, 0) is 29.0 Å². The second-order valence-electron chi connectivity index (χ2n) is 8.00. The van der Waals surface area contributed by atoms with E-state index in [1.54, 1.807) is 25.2 Å². The Labute approximate surface area is 224 Å². The number of ether oxygens (including phenoxy) is 1. The molecule has 3 aromatic carbocycles. The van der Waals surface area contributed by atoms with Gasteiger partial charge >= 0.3 is 0 Å². The summed E-state index contributed by atoms with van der Waals surface area (Å²) < 4.78 is 6.63. The van der Waals surface area contributed by atoms with E-state index in [2.05, 4.69) is 28.2 Å². The quantitative estimate of drug-likeness (QED) is 0.317. The number of amides is 2. The fraction of sp³-hybridized carbons (Fsp3) is 0.259. The summed E-state index contributed by atoms with van der Waals surface area (Å²) in [5, 5.41) is 3.50. The fourth-order valence-corrected chi connectivity index (χ4v) is 4.52. The number of nitrogens with zero attached hydrogens (tertiary/aromatic N) is 1. The summed E-state index contributed by atoms with van der Waals surface area (Å²) in [6.45, 7) is 2.01. The predicted molar refractivity (Wildman–Crippen MR) is 144 cm³/mol. The Morgan fingerprint density at radius 3 is 2.31 bits per heavy atom. The van der Waals surface area contributed by atoms with E-state index >= 15 is 0 Å². The van der Waals surface area contributed by atoms with E-state index in [0.29, 0.717) is 22.2 Å². The Balaban J connectivity index is 1.89. The zero-order valence-corrected chi connectivity index (χ0v) is 22.7. The molecule has 0 heterocycles. The van der Waals surface area contributed by atoms with Gasteiger partial charge in [0.15, 0.2) is 6.61 Å². The van der Waals surface area contributed by atoms with E-state index in [1.807, 2.05) is 48.5 Å². The first-order chi connectivity index (χ1) is 16.8. The molecular weight excluding hydrogens is 551 g/mol. The van der Waals surface area contributed by atoms with Crippen molar-refractivity contribution < 1.29 is 14.3 Å². The summed E-state index contributed by atoms with van der Waals surface area (Å²) in [6, 6.07) is 19.8. The lowest BCUT2D eigenvalue weighted by Gasteiger charge is -2.31. The third-order valence-electron chi connectivity index (χ3n) is 5.61. The van der Waals surface area contributed by atoms with Crippen molar-refractivity contribution in [2.24, 2.45) is 0 Å². The van der Waals surface area contributed by atoms with Gasteiger partial charge in [-0.05, 0) is 63.3 Å². The van der Waals surface area contributed by atoms with Gasteiger partial charge in [-0.1, -0.05) is 72.6 Å². The highest BCUT2D eigenvalue weighted by Crippen LogP contribution is 2.27. The second kappa shape index (κ2) is 13.0. The van der Waals surface area contributed by atoms with Crippen LogP contribution in [0.3, 0.4) is 0 Å². The van der Waals surface area contributed by atoms with E-state index in [1.165, 1.54) is 4.90 Å². The minimum absolute atomic E-state index is 0.167. The number of halogens is 3. The summed E-state index contributed by atoms with van der Waals surface area (Å²) in [7, 11) is 1.56. The molecule has 1 atom stereocenters. The van der Waals surface area contributed by atoms with Crippen LogP contribution < -0.4 is 10.1 Å². The Morgan fingerprint density at radius 2 is 1.69 bits per heavy atom. The largest absolute Gasteiger partial charge is 0.483 e. The van der Waals surface area contributed by atoms with Gasteiger partial charge in [0.05, 0.1) is 14.5 Å². The first-order valence-corrected chi connectivity index (χ1v) is 12.8. The monoisotopic (exact) mass is 576 g/mol. The maximum Gasteiger partial charge on any atom is 0.261 e. The van der Waals surface area contributed by atoms with E-state index in [4.69, 9.17) is 27.9 Å². The standard InChI is InChI=1S/C27H27BrCl2N2O3/c1-3-18-10-12-25(21(28)13-18)35-17-26(33)32(16-20-9-11-22(29)23(30)14-20)24(27(34)31-2)15-19-7-5-4-6-8-19/h4-14,24H,3,15-17H2,1-2H3,(H,31,34)/t24-/m0/s1. The molecule has 0 bridgehead atoms. The molecule has 1 N–H and O–H groups in total. The summed E-state index contributed by atoms with van der Waals surface area (Å²) in [4.78, 5) is 28.0. The van der Waals surface area contributed by atoms with Crippen molar-refractivity contribution in [3.05, 3.63) is 97.9 Å². The molecule has 0 saturated carbocycles. The van der Waals surface area contributed by atoms with Gasteiger partial charge in [0.25, 0.3) is 5.91 Å². The van der Waals surface area contributed by atoms with E-state index in [-0.39, 0.29) is 25.0 Å². The predicted octanol–water partition coefficient (Wildman–Crippen LogP) is 6.08. The lowest BCUT2D eigenvalue weighted by molar-refractivity contribution is -0.142. The highest BCUT2D eigenvalue weighted by Gasteiger charge is 2.30. The van der Waals surface area contributed by atoms with Crippen LogP contribution in [0.4, 0.5) is 0 Å². The molecule has 0 spiro atoms. The maximum absolute atomic E-state index is 13.5. The SMILES string of the molecule is CCc1ccc(OCC(=O)N(Cc2ccc(Cl)c(Cl)c2)[C@@H](Cc2ccccc2)C(=O)NC)c(Br)c1. The van der Waals surface area contributed by atoms with Crippen LogP contribution in [0.15, 0.2) is 71.2 Å². The molecule has 3 aromatic rings. The first kappa shape index (κ1) is 27.1. The molecule has 184 valence electrons. The summed E-state index contributed by atoms with van der Waals surface area (Å²) in [5.74, 6) is -0.0348. The van der Waals surface area contributed by atoms with Crippen molar-refractivity contribution in [3.63, 3.8) is 0 Å². The number of hydrogen-bond acceptors (Lipinski definition) is 3. The van der Waals surface area contributed by atoms with Crippen LogP contribution in [0.2, 0.25) is 10.0 Å². The van der Waals surface area contributed by atoms with Gasteiger partial charge < -0.3 is 15.0 Å². The zero-order chi connectivity index (χ0) is 25.4. The highest BCUT2D eigenvalue weighted by molar-refractivity contribution is 9.10. The van der Waals surface area contributed by atoms with Gasteiger partial charge in [-0.15, -0.1) is 0 Å². The second-order valence-corrected chi connectivity index (χ2v) is 9.67. The molecule has 0 fully saturated rings. The Morgan fingerprint density at radius 1 is 0.971 bits per heavy atom. The number of benzene rings is 3. The van der Waals surface area contributed by atoms with Crippen LogP contribution in [0, 0.1) is 0 Å². The summed E-state index contributed by atoms with van der Waals surface area (Å²) in [5.41, 5.74) is 2.84. The average Bonchev–Trinajstić information content (AvgIpc) is 2.87. The number of aryl methyl sites for hydroxylation is 1. The third-order valence-corrected chi connectivity index (χ3v) is 6.97. The van der Waals surface area contributed by atoms with Gasteiger partial charge in [0.2, 0.25) is 5.91 Å². The Kier molecular flexibility index (Phi) is 10.0. The van der Waals surface area contributed by atoms with Crippen molar-refractivity contribution in [3.8, 4) is 5.75 Å². The summed E-state index contributed by atoms with van der Waals surface area (Å²) >= 11 is 15.8. The van der Waals surface area contributed by atoms with Gasteiger partial charge in [0, 0.05) is 20.0 Å². The van der Waals surface area contributed by atoms with Crippen LogP contribution in [0.1, 0.15) is 23.6 Å². The van der Waals surface area contributed by atoms with Gasteiger partial charge in [0.1, 0.15) is 11.8 Å². The third kappa shape index (κ3) is 7.47. The normalized spacial score (nSPS) is 11.6. The van der Waals surface area contributed by atoms with Crippen molar-refractivity contribution in [1.29, 1.82) is 0 Å². The maximum atomic E-state index is 13.5. The Bertz CT molecular complexity index is 1170. The average molecular weight is 578 g/mol. The number of carbonyl (C=O) groups is 2. The zero-order valence-electron chi connectivity index (χ0n) is 19.6. The molecule has 0 aliphatic rings. The number of carbonyl (C=O) groups excluding carboxylic acids is 2. The van der Waals surface area contributed by atoms with Gasteiger partial charge in [-0.25, -0.2) is 0 Å². The van der Waals surface area contributed by atoms with Crippen LogP contribution in [0.5, 0.6) is 5.75 Å². The molecule has 0 unspecified atom stereocenters. The van der Waals surface area contributed by atoms with Crippen LogP contribution in [-0.4, -0.2) is 36.4 Å². The smallest absolute Gasteiger partial charge is 0.261 e. The first-order valence-electron chi connectivity index (χ1n) is 11.2. The van der Waals surface area contributed by atoms with Crippen molar-refractivity contribution >= 4 is 50.9 Å². The van der Waals surface area contributed by atoms with Crippen molar-refractivity contribution in [1.82, 2.24) is 10.2 Å². The molecule has 0 aliphatic carbocycles. The molecule has 0 saturated heterocycles. The molecule has 0 aromatic heterocycles. The van der Waals surface area contributed by atoms with E-state index in [0.717, 1.165) is 27.6 Å². The molecule has 35 heavy (non-hydrogen) atoms. The molecule has 3 rings (SSSR count). The summed E-state index contributed by atoms with van der Waals surface area (Å²) in [6.07, 6.45) is 1.24. The minimum atomic E-state index is -0.751. The molecule has 0 radical (unpaired) electrons.